The van der Waals surface area contributed by atoms with Gasteiger partial charge in [-0.1, -0.05) is 6.07 Å². The number of hydrogen-bond acceptors (Lipinski definition) is 6. The summed E-state index contributed by atoms with van der Waals surface area (Å²) in [6, 6.07) is 10.1. The van der Waals surface area contributed by atoms with Crippen molar-refractivity contribution in [3.05, 3.63) is 53.8 Å². The molecule has 0 bridgehead atoms. The van der Waals surface area contributed by atoms with E-state index >= 15 is 0 Å². The van der Waals surface area contributed by atoms with E-state index in [2.05, 4.69) is 10.5 Å². The molecule has 10 heteroatoms. The van der Waals surface area contributed by atoms with E-state index in [0.29, 0.717) is 17.1 Å². The van der Waals surface area contributed by atoms with Crippen molar-refractivity contribution in [1.82, 2.24) is 5.43 Å². The van der Waals surface area contributed by atoms with Crippen LogP contribution in [0.2, 0.25) is 0 Å². The number of amides is 1. The number of nitrogens with one attached hydrogen (secondary N) is 1. The average molecular weight is 393 g/mol. The predicted octanol–water partition coefficient (Wildman–Crippen LogP) is 1.47. The van der Waals surface area contributed by atoms with Gasteiger partial charge >= 0.3 is 0 Å². The average Bonchev–Trinajstić information content (AvgIpc) is 3.06. The number of carbonyl (C=O) groups is 1. The van der Waals surface area contributed by atoms with Crippen molar-refractivity contribution in [2.45, 2.75) is 0 Å². The van der Waals surface area contributed by atoms with Gasteiger partial charge in [-0.2, -0.15) is 5.10 Å². The lowest BCUT2D eigenvalue weighted by Gasteiger charge is -2.21. The first-order valence-electron chi connectivity index (χ1n) is 7.78. The maximum absolute atomic E-state index is 13.4. The summed E-state index contributed by atoms with van der Waals surface area (Å²) in [5.41, 5.74) is 2.95. The number of hydrazone groups is 1. The predicted molar refractivity (Wildman–Crippen MR) is 96.9 cm³/mol. The summed E-state index contributed by atoms with van der Waals surface area (Å²) >= 11 is 0. The third kappa shape index (κ3) is 4.73. The molecule has 2 aromatic rings. The number of benzene rings is 2. The van der Waals surface area contributed by atoms with Crippen LogP contribution in [0.25, 0.3) is 0 Å². The van der Waals surface area contributed by atoms with E-state index in [1.165, 1.54) is 24.4 Å². The van der Waals surface area contributed by atoms with Gasteiger partial charge in [-0.05, 0) is 42.0 Å². The van der Waals surface area contributed by atoms with Crippen LogP contribution in [0, 0.1) is 5.82 Å². The molecule has 0 atom stereocenters. The Morgan fingerprint density at radius 3 is 2.78 bits per heavy atom. The lowest BCUT2D eigenvalue weighted by atomic mass is 10.2. The summed E-state index contributed by atoms with van der Waals surface area (Å²) in [6.07, 6.45) is 2.31. The minimum atomic E-state index is -3.79. The van der Waals surface area contributed by atoms with Crippen LogP contribution in [-0.4, -0.2) is 40.1 Å². The number of fused-ring (bicyclic) bond motifs is 1. The van der Waals surface area contributed by atoms with E-state index in [-0.39, 0.29) is 12.5 Å². The minimum Gasteiger partial charge on any atom is -0.454 e. The fraction of sp³-hybridized carbons (Fsp3) is 0.176. The van der Waals surface area contributed by atoms with Crippen molar-refractivity contribution < 1.29 is 27.1 Å². The minimum absolute atomic E-state index is 0.0485. The maximum atomic E-state index is 13.4. The molecule has 3 rings (SSSR count). The summed E-state index contributed by atoms with van der Waals surface area (Å²) in [6.45, 7) is -0.394. The normalized spacial score (nSPS) is 13.0. The van der Waals surface area contributed by atoms with Gasteiger partial charge in [-0.3, -0.25) is 9.10 Å². The topological polar surface area (TPSA) is 97.3 Å². The molecule has 1 heterocycles. The van der Waals surface area contributed by atoms with Gasteiger partial charge in [0.05, 0.1) is 18.2 Å². The van der Waals surface area contributed by atoms with Gasteiger partial charge in [0.25, 0.3) is 5.91 Å². The molecule has 0 radical (unpaired) electrons. The first kappa shape index (κ1) is 18.6. The van der Waals surface area contributed by atoms with Crippen molar-refractivity contribution in [2.75, 3.05) is 23.9 Å². The van der Waals surface area contributed by atoms with Crippen molar-refractivity contribution in [3.8, 4) is 11.5 Å². The Kier molecular flexibility index (Phi) is 5.26. The number of anilines is 1. The molecule has 27 heavy (non-hydrogen) atoms. The molecule has 0 aromatic heterocycles. The number of sulfonamides is 1. The second-order valence-electron chi connectivity index (χ2n) is 5.66. The Morgan fingerprint density at radius 2 is 2.04 bits per heavy atom. The Hall–Kier alpha value is -3.14. The molecular formula is C17H16FN3O5S. The zero-order valence-corrected chi connectivity index (χ0v) is 15.1. The van der Waals surface area contributed by atoms with Gasteiger partial charge in [0.2, 0.25) is 16.8 Å². The van der Waals surface area contributed by atoms with Crippen molar-refractivity contribution in [2.24, 2.45) is 5.10 Å². The first-order chi connectivity index (χ1) is 12.8. The molecule has 8 nitrogen and oxygen atoms in total. The zero-order valence-electron chi connectivity index (χ0n) is 14.3. The van der Waals surface area contributed by atoms with Crippen molar-refractivity contribution in [1.29, 1.82) is 0 Å². The van der Waals surface area contributed by atoms with Crippen LogP contribution in [0.5, 0.6) is 11.5 Å². The fourth-order valence-corrected chi connectivity index (χ4v) is 3.22. The molecule has 1 aliphatic rings. The zero-order chi connectivity index (χ0) is 19.4. The molecule has 0 saturated heterocycles. The smallest absolute Gasteiger partial charge is 0.260 e. The first-order valence-corrected chi connectivity index (χ1v) is 9.62. The number of ether oxygens (including phenoxy) is 2. The molecule has 1 aliphatic heterocycles. The third-order valence-electron chi connectivity index (χ3n) is 3.58. The van der Waals surface area contributed by atoms with E-state index < -0.39 is 28.3 Å². The highest BCUT2D eigenvalue weighted by molar-refractivity contribution is 7.92. The Morgan fingerprint density at radius 1 is 1.26 bits per heavy atom. The van der Waals surface area contributed by atoms with Crippen LogP contribution in [0.15, 0.2) is 47.6 Å². The summed E-state index contributed by atoms with van der Waals surface area (Å²) in [5.74, 6) is -0.0984. The Labute approximate surface area is 155 Å². The second-order valence-corrected chi connectivity index (χ2v) is 7.56. The molecule has 1 amide bonds. The van der Waals surface area contributed by atoms with Gasteiger partial charge in [-0.15, -0.1) is 0 Å². The molecule has 1 N–H and O–H groups in total. The maximum Gasteiger partial charge on any atom is 0.260 e. The number of nitrogens with zero attached hydrogens (tertiary/aromatic N) is 2. The van der Waals surface area contributed by atoms with Gasteiger partial charge in [0.15, 0.2) is 11.5 Å². The quantitative estimate of drug-likeness (QED) is 0.592. The van der Waals surface area contributed by atoms with Crippen molar-refractivity contribution in [3.63, 3.8) is 0 Å². The van der Waals surface area contributed by atoms with Gasteiger partial charge in [-0.25, -0.2) is 18.2 Å². The van der Waals surface area contributed by atoms with Crippen LogP contribution >= 0.6 is 0 Å². The molecule has 142 valence electrons. The largest absolute Gasteiger partial charge is 0.454 e. The Bertz CT molecular complexity index is 994. The number of carbonyl (C=O) groups excluding carboxylic acids is 1. The number of rotatable bonds is 6. The third-order valence-corrected chi connectivity index (χ3v) is 4.72. The summed E-state index contributed by atoms with van der Waals surface area (Å²) in [4.78, 5) is 12.1. The standard InChI is InChI=1S/C17H16FN3O5S/c1-27(23,24)21(14-4-2-3-13(18)8-14)10-17(22)20-19-9-12-5-6-15-16(7-12)26-11-25-15/h2-9H,10-11H2,1H3,(H,20,22)/b19-9-. The highest BCUT2D eigenvalue weighted by atomic mass is 32.2. The molecule has 0 aliphatic carbocycles. The highest BCUT2D eigenvalue weighted by Gasteiger charge is 2.21. The summed E-state index contributed by atoms with van der Waals surface area (Å²) in [7, 11) is -3.79. The molecule has 0 spiro atoms. The van der Waals surface area contributed by atoms with Gasteiger partial charge in [0.1, 0.15) is 12.4 Å². The molecule has 0 unspecified atom stereocenters. The molecule has 2 aromatic carbocycles. The van der Waals surface area contributed by atoms with E-state index in [1.54, 1.807) is 18.2 Å². The van der Waals surface area contributed by atoms with Crippen LogP contribution in [0.4, 0.5) is 10.1 Å². The number of hydrogen-bond donors (Lipinski definition) is 1. The molecule has 0 saturated carbocycles. The second kappa shape index (κ2) is 7.62. The van der Waals surface area contributed by atoms with Crippen LogP contribution in [-0.2, 0) is 14.8 Å². The van der Waals surface area contributed by atoms with Crippen LogP contribution in [0.3, 0.4) is 0 Å². The lowest BCUT2D eigenvalue weighted by molar-refractivity contribution is -0.119. The van der Waals surface area contributed by atoms with Gasteiger partial charge in [0, 0.05) is 0 Å². The molecular weight excluding hydrogens is 377 g/mol. The monoisotopic (exact) mass is 393 g/mol. The van der Waals surface area contributed by atoms with Crippen LogP contribution in [0.1, 0.15) is 5.56 Å². The lowest BCUT2D eigenvalue weighted by Crippen LogP contribution is -2.39. The Balaban J connectivity index is 1.66. The van der Waals surface area contributed by atoms with E-state index in [1.807, 2.05) is 0 Å². The van der Waals surface area contributed by atoms with Crippen molar-refractivity contribution >= 4 is 27.8 Å². The molecule has 0 fully saturated rings. The van der Waals surface area contributed by atoms with E-state index in [0.717, 1.165) is 16.6 Å². The summed E-state index contributed by atoms with van der Waals surface area (Å²) < 4.78 is 48.5. The number of halogens is 1. The van der Waals surface area contributed by atoms with E-state index in [9.17, 15) is 17.6 Å². The summed E-state index contributed by atoms with van der Waals surface area (Å²) in [5, 5.41) is 3.80. The fourth-order valence-electron chi connectivity index (χ4n) is 2.37. The SMILES string of the molecule is CS(=O)(=O)N(CC(=O)N/N=C\c1ccc2c(c1)OCO2)c1cccc(F)c1. The van der Waals surface area contributed by atoms with E-state index in [4.69, 9.17) is 9.47 Å². The van der Waals surface area contributed by atoms with Crippen LogP contribution < -0.4 is 19.2 Å². The van der Waals surface area contributed by atoms with Gasteiger partial charge < -0.3 is 9.47 Å². The highest BCUT2D eigenvalue weighted by Crippen LogP contribution is 2.31.